The molecule has 0 aliphatic carbocycles. The minimum atomic E-state index is -4.33. The second-order valence-corrected chi connectivity index (χ2v) is 5.46. The van der Waals surface area contributed by atoms with E-state index in [1.807, 2.05) is 6.92 Å². The van der Waals surface area contributed by atoms with E-state index in [4.69, 9.17) is 5.73 Å². The van der Waals surface area contributed by atoms with E-state index in [9.17, 15) is 18.0 Å². The molecule has 3 unspecified atom stereocenters. The van der Waals surface area contributed by atoms with E-state index in [0.717, 1.165) is 17.7 Å². The van der Waals surface area contributed by atoms with Crippen molar-refractivity contribution in [3.05, 3.63) is 35.4 Å². The van der Waals surface area contributed by atoms with Crippen molar-refractivity contribution < 1.29 is 18.0 Å². The maximum absolute atomic E-state index is 12.4. The summed E-state index contributed by atoms with van der Waals surface area (Å²) in [4.78, 5) is 11.8. The summed E-state index contributed by atoms with van der Waals surface area (Å²) < 4.78 is 37.3. The fourth-order valence-electron chi connectivity index (χ4n) is 1.85. The Bertz CT molecular complexity index is 475. The Hall–Kier alpha value is -1.27. The van der Waals surface area contributed by atoms with E-state index in [1.165, 1.54) is 12.1 Å². The van der Waals surface area contributed by atoms with Gasteiger partial charge in [-0.3, -0.25) is 4.79 Å². The molecule has 7 heteroatoms. The average molecular weight is 339 g/mol. The van der Waals surface area contributed by atoms with Crippen LogP contribution >= 0.6 is 12.4 Å². The smallest absolute Gasteiger partial charge is 0.353 e. The Morgan fingerprint density at radius 3 is 2.09 bits per heavy atom. The summed E-state index contributed by atoms with van der Waals surface area (Å²) in [5.41, 5.74) is 5.72. The molecule has 1 amide bonds. The van der Waals surface area contributed by atoms with Gasteiger partial charge < -0.3 is 11.1 Å². The van der Waals surface area contributed by atoms with Gasteiger partial charge in [0.1, 0.15) is 0 Å². The van der Waals surface area contributed by atoms with Crippen LogP contribution in [0.2, 0.25) is 0 Å². The summed E-state index contributed by atoms with van der Waals surface area (Å²) in [5, 5.41) is 2.81. The van der Waals surface area contributed by atoms with Gasteiger partial charge >= 0.3 is 6.18 Å². The number of hydrogen-bond donors (Lipinski definition) is 2. The molecule has 0 radical (unpaired) electrons. The van der Waals surface area contributed by atoms with Crippen molar-refractivity contribution in [2.45, 2.75) is 45.5 Å². The molecule has 0 saturated heterocycles. The lowest BCUT2D eigenvalue weighted by Gasteiger charge is -2.20. The SMILES string of the molecule is CC(Cc1ccc(C(F)(F)F)cc1)NC(=O)C(C)C(C)N.Cl. The normalized spacial score (nSPS) is 15.4. The van der Waals surface area contributed by atoms with E-state index in [1.54, 1.807) is 13.8 Å². The number of alkyl halides is 3. The maximum atomic E-state index is 12.4. The molecule has 0 aliphatic heterocycles. The zero-order valence-corrected chi connectivity index (χ0v) is 13.6. The van der Waals surface area contributed by atoms with Crippen molar-refractivity contribution >= 4 is 18.3 Å². The predicted molar refractivity (Wildman–Crippen MR) is 82.8 cm³/mol. The molecule has 0 saturated carbocycles. The minimum absolute atomic E-state index is 0. The molecule has 0 aromatic heterocycles. The lowest BCUT2D eigenvalue weighted by Crippen LogP contribution is -2.43. The second-order valence-electron chi connectivity index (χ2n) is 5.46. The molecular formula is C15H22ClF3N2O. The van der Waals surface area contributed by atoms with Gasteiger partial charge in [0.2, 0.25) is 5.91 Å². The third-order valence-corrected chi connectivity index (χ3v) is 3.41. The van der Waals surface area contributed by atoms with Crippen LogP contribution in [0.15, 0.2) is 24.3 Å². The van der Waals surface area contributed by atoms with Gasteiger partial charge in [0.25, 0.3) is 0 Å². The van der Waals surface area contributed by atoms with Crippen LogP contribution in [0.1, 0.15) is 31.9 Å². The maximum Gasteiger partial charge on any atom is 0.416 e. The van der Waals surface area contributed by atoms with Crippen molar-refractivity contribution in [3.8, 4) is 0 Å². The summed E-state index contributed by atoms with van der Waals surface area (Å²) in [6.07, 6.45) is -3.86. The zero-order valence-electron chi connectivity index (χ0n) is 12.8. The van der Waals surface area contributed by atoms with Gasteiger partial charge in [0.15, 0.2) is 0 Å². The van der Waals surface area contributed by atoms with Crippen LogP contribution in [0, 0.1) is 5.92 Å². The number of benzene rings is 1. The van der Waals surface area contributed by atoms with Gasteiger partial charge in [0, 0.05) is 18.0 Å². The molecule has 0 heterocycles. The van der Waals surface area contributed by atoms with Crippen LogP contribution < -0.4 is 11.1 Å². The van der Waals surface area contributed by atoms with Crippen molar-refractivity contribution in [3.63, 3.8) is 0 Å². The summed E-state index contributed by atoms with van der Waals surface area (Å²) in [6, 6.07) is 4.54. The lowest BCUT2D eigenvalue weighted by molar-refractivity contribution is -0.137. The molecule has 1 aromatic carbocycles. The van der Waals surface area contributed by atoms with Gasteiger partial charge in [-0.05, 0) is 38.0 Å². The Labute approximate surface area is 134 Å². The first kappa shape index (κ1) is 20.7. The third-order valence-electron chi connectivity index (χ3n) is 3.41. The van der Waals surface area contributed by atoms with Crippen molar-refractivity contribution in [2.75, 3.05) is 0 Å². The molecule has 22 heavy (non-hydrogen) atoms. The highest BCUT2D eigenvalue weighted by atomic mass is 35.5. The molecule has 3 atom stereocenters. The molecule has 3 N–H and O–H groups in total. The van der Waals surface area contributed by atoms with Gasteiger partial charge in [-0.1, -0.05) is 19.1 Å². The summed E-state index contributed by atoms with van der Waals surface area (Å²) in [7, 11) is 0. The first-order valence-corrected chi connectivity index (χ1v) is 6.83. The van der Waals surface area contributed by atoms with Crippen LogP contribution in [0.25, 0.3) is 0 Å². The Balaban J connectivity index is 0.00000441. The van der Waals surface area contributed by atoms with Gasteiger partial charge in [0.05, 0.1) is 5.56 Å². The van der Waals surface area contributed by atoms with E-state index in [-0.39, 0.29) is 36.3 Å². The number of hydrogen-bond acceptors (Lipinski definition) is 2. The van der Waals surface area contributed by atoms with E-state index in [0.29, 0.717) is 6.42 Å². The molecule has 0 aliphatic rings. The number of nitrogens with one attached hydrogen (secondary N) is 1. The molecule has 3 nitrogen and oxygen atoms in total. The molecule has 0 bridgehead atoms. The number of amides is 1. The fraction of sp³-hybridized carbons (Fsp3) is 0.533. The monoisotopic (exact) mass is 338 g/mol. The highest BCUT2D eigenvalue weighted by Crippen LogP contribution is 2.29. The van der Waals surface area contributed by atoms with E-state index in [2.05, 4.69) is 5.32 Å². The van der Waals surface area contributed by atoms with Gasteiger partial charge in [-0.2, -0.15) is 13.2 Å². The first-order valence-electron chi connectivity index (χ1n) is 6.83. The molecule has 1 rings (SSSR count). The van der Waals surface area contributed by atoms with Crippen LogP contribution in [0.3, 0.4) is 0 Å². The topological polar surface area (TPSA) is 55.1 Å². The van der Waals surface area contributed by atoms with Crippen LogP contribution in [-0.4, -0.2) is 18.0 Å². The summed E-state index contributed by atoms with van der Waals surface area (Å²) >= 11 is 0. The van der Waals surface area contributed by atoms with Crippen molar-refractivity contribution in [2.24, 2.45) is 11.7 Å². The number of nitrogens with two attached hydrogens (primary N) is 1. The van der Waals surface area contributed by atoms with Crippen LogP contribution in [-0.2, 0) is 17.4 Å². The van der Waals surface area contributed by atoms with E-state index < -0.39 is 11.7 Å². The van der Waals surface area contributed by atoms with Crippen molar-refractivity contribution in [1.82, 2.24) is 5.32 Å². The van der Waals surface area contributed by atoms with Gasteiger partial charge in [-0.25, -0.2) is 0 Å². The molecular weight excluding hydrogens is 317 g/mol. The molecule has 0 spiro atoms. The summed E-state index contributed by atoms with van der Waals surface area (Å²) in [6.45, 7) is 5.30. The molecule has 1 aromatic rings. The number of carbonyl (C=O) groups excluding carboxylic acids is 1. The summed E-state index contributed by atoms with van der Waals surface area (Å²) in [5.74, 6) is -0.454. The average Bonchev–Trinajstić information content (AvgIpc) is 2.36. The van der Waals surface area contributed by atoms with E-state index >= 15 is 0 Å². The number of halogens is 4. The highest BCUT2D eigenvalue weighted by molar-refractivity contribution is 5.85. The third kappa shape index (κ3) is 6.23. The predicted octanol–water partition coefficient (Wildman–Crippen LogP) is 3.16. The fourth-order valence-corrected chi connectivity index (χ4v) is 1.85. The van der Waals surface area contributed by atoms with Crippen LogP contribution in [0.5, 0.6) is 0 Å². The van der Waals surface area contributed by atoms with Gasteiger partial charge in [-0.15, -0.1) is 12.4 Å². The quantitative estimate of drug-likeness (QED) is 0.866. The minimum Gasteiger partial charge on any atom is -0.353 e. The highest BCUT2D eigenvalue weighted by Gasteiger charge is 2.30. The number of rotatable bonds is 5. The first-order chi connectivity index (χ1) is 9.61. The van der Waals surface area contributed by atoms with Crippen molar-refractivity contribution in [1.29, 1.82) is 0 Å². The molecule has 126 valence electrons. The Kier molecular flexibility index (Phi) is 7.90. The zero-order chi connectivity index (χ0) is 16.2. The largest absolute Gasteiger partial charge is 0.416 e. The Morgan fingerprint density at radius 2 is 1.68 bits per heavy atom. The second kappa shape index (κ2) is 8.39. The standard InChI is InChI=1S/C15H21F3N2O.ClH/c1-9(20-14(21)10(2)11(3)19)8-12-4-6-13(7-5-12)15(16,17)18;/h4-7,9-11H,8,19H2,1-3H3,(H,20,21);1H. The Morgan fingerprint density at radius 1 is 1.18 bits per heavy atom. The molecule has 0 fully saturated rings. The van der Waals surface area contributed by atoms with Crippen LogP contribution in [0.4, 0.5) is 13.2 Å². The number of carbonyl (C=O) groups is 1. The lowest BCUT2D eigenvalue weighted by atomic mass is 10.0.